The Kier molecular flexibility index (Phi) is 5.58. The minimum absolute atomic E-state index is 0.237. The second kappa shape index (κ2) is 7.68. The molecule has 2 aliphatic rings. The van der Waals surface area contributed by atoms with Gasteiger partial charge in [-0.05, 0) is 36.5 Å². The highest BCUT2D eigenvalue weighted by Gasteiger charge is 2.57. The fourth-order valence-electron chi connectivity index (χ4n) is 4.48. The fraction of sp³-hybridized carbons (Fsp3) is 0.524. The molecule has 1 aromatic heterocycles. The van der Waals surface area contributed by atoms with E-state index in [9.17, 15) is 39.7 Å². The summed E-state index contributed by atoms with van der Waals surface area (Å²) >= 11 is 0. The van der Waals surface area contributed by atoms with Crippen LogP contribution in [0.25, 0.3) is 0 Å². The van der Waals surface area contributed by atoms with Gasteiger partial charge in [-0.2, -0.15) is 18.3 Å². The molecule has 0 saturated heterocycles. The van der Waals surface area contributed by atoms with E-state index in [1.807, 2.05) is 0 Å². The molecule has 0 spiro atoms. The van der Waals surface area contributed by atoms with Crippen LogP contribution in [0, 0.1) is 16.0 Å². The first-order chi connectivity index (χ1) is 15.8. The third kappa shape index (κ3) is 4.89. The Balaban J connectivity index is 1.79. The third-order valence-corrected chi connectivity index (χ3v) is 7.23. The van der Waals surface area contributed by atoms with Gasteiger partial charge >= 0.3 is 6.18 Å². The third-order valence-electron chi connectivity index (χ3n) is 6.08. The highest BCUT2D eigenvalue weighted by Crippen LogP contribution is 2.55. The van der Waals surface area contributed by atoms with E-state index in [1.165, 1.54) is 6.92 Å². The smallest absolute Gasteiger partial charge is 0.321 e. The van der Waals surface area contributed by atoms with Gasteiger partial charge < -0.3 is 5.32 Å². The van der Waals surface area contributed by atoms with Gasteiger partial charge in [-0.25, -0.2) is 26.6 Å². The van der Waals surface area contributed by atoms with Gasteiger partial charge in [0.15, 0.2) is 5.67 Å². The minimum Gasteiger partial charge on any atom is -0.321 e. The first-order valence-corrected chi connectivity index (χ1v) is 12.4. The van der Waals surface area contributed by atoms with Gasteiger partial charge in [-0.15, -0.1) is 0 Å². The number of hydrogen-bond donors (Lipinski definition) is 2. The SMILES string of the molecule is CC1(Cn2nc(C3(F)CC3)c(C(F)(F)F)c2C(=O)Nc2ccc(F)c([S@@](C)(=N)=O)c2)CC(F)(F)C1. The number of aromatic nitrogens is 2. The molecule has 0 radical (unpaired) electrons. The summed E-state index contributed by atoms with van der Waals surface area (Å²) in [5.74, 6) is -5.41. The highest BCUT2D eigenvalue weighted by molar-refractivity contribution is 7.91. The lowest BCUT2D eigenvalue weighted by Crippen LogP contribution is -2.47. The van der Waals surface area contributed by atoms with Crippen LogP contribution in [0.2, 0.25) is 0 Å². The molecule has 35 heavy (non-hydrogen) atoms. The molecule has 2 aromatic rings. The molecule has 1 amide bonds. The maximum Gasteiger partial charge on any atom is 0.420 e. The molecule has 1 aromatic carbocycles. The lowest BCUT2D eigenvalue weighted by Gasteiger charge is -2.44. The van der Waals surface area contributed by atoms with Crippen LogP contribution < -0.4 is 5.32 Å². The Morgan fingerprint density at radius 1 is 1.23 bits per heavy atom. The lowest BCUT2D eigenvalue weighted by atomic mass is 9.67. The van der Waals surface area contributed by atoms with Crippen LogP contribution in [0.3, 0.4) is 0 Å². The molecule has 6 nitrogen and oxygen atoms in total. The number of carbonyl (C=O) groups is 1. The average Bonchev–Trinajstić information content (AvgIpc) is 3.27. The van der Waals surface area contributed by atoms with Gasteiger partial charge in [-0.3, -0.25) is 9.48 Å². The summed E-state index contributed by atoms with van der Waals surface area (Å²) in [6, 6.07) is 2.62. The number of amides is 1. The number of nitrogens with zero attached hydrogens (tertiary/aromatic N) is 2. The van der Waals surface area contributed by atoms with E-state index in [1.54, 1.807) is 0 Å². The van der Waals surface area contributed by atoms with Crippen LogP contribution in [0.1, 0.15) is 54.4 Å². The summed E-state index contributed by atoms with van der Waals surface area (Å²) in [5, 5.41) is 5.87. The zero-order chi connectivity index (χ0) is 26.2. The van der Waals surface area contributed by atoms with Gasteiger partial charge in [0, 0.05) is 31.3 Å². The number of nitrogens with one attached hydrogen (secondary N) is 2. The number of rotatable bonds is 6. The summed E-state index contributed by atoms with van der Waals surface area (Å²) in [7, 11) is -3.58. The molecule has 2 saturated carbocycles. The maximum absolute atomic E-state index is 14.9. The van der Waals surface area contributed by atoms with Crippen molar-refractivity contribution in [2.45, 2.75) is 61.8 Å². The van der Waals surface area contributed by atoms with Crippen LogP contribution in [-0.2, 0) is 28.1 Å². The second-order valence-corrected chi connectivity index (χ2v) is 11.8. The molecular weight excluding hydrogens is 505 g/mol. The first kappa shape index (κ1) is 25.5. The summed E-state index contributed by atoms with van der Waals surface area (Å²) < 4.78 is 118. The molecular formula is C21H21F7N4O2S. The number of halogens is 7. The standard InChI is InChI=1S/C21H21F7N4O2S/c1-18(8-20(24,25)9-18)10-32-15(14(21(26,27)28)16(31-32)19(23)5-6-19)17(33)30-11-3-4-12(22)13(7-11)35(2,29)34/h3-4,7,29H,5-6,8-10H2,1-2H3,(H,30,33)/t35-/m0/s1. The monoisotopic (exact) mass is 526 g/mol. The van der Waals surface area contributed by atoms with Crippen molar-refractivity contribution in [3.8, 4) is 0 Å². The van der Waals surface area contributed by atoms with E-state index in [4.69, 9.17) is 4.78 Å². The molecule has 0 unspecified atom stereocenters. The Morgan fingerprint density at radius 3 is 2.31 bits per heavy atom. The van der Waals surface area contributed by atoms with Crippen molar-refractivity contribution in [1.29, 1.82) is 4.78 Å². The molecule has 2 fully saturated rings. The van der Waals surface area contributed by atoms with Crippen molar-refractivity contribution in [1.82, 2.24) is 9.78 Å². The molecule has 1 atom stereocenters. The number of benzene rings is 1. The molecule has 0 bridgehead atoms. The van der Waals surface area contributed by atoms with Crippen molar-refractivity contribution in [2.75, 3.05) is 11.6 Å². The van der Waals surface area contributed by atoms with Gasteiger partial charge in [-0.1, -0.05) is 6.92 Å². The summed E-state index contributed by atoms with van der Waals surface area (Å²) in [6.07, 6.45) is -6.04. The van der Waals surface area contributed by atoms with Crippen molar-refractivity contribution < 1.29 is 39.7 Å². The maximum atomic E-state index is 14.9. The van der Waals surface area contributed by atoms with Crippen molar-refractivity contribution >= 4 is 21.3 Å². The van der Waals surface area contributed by atoms with Crippen LogP contribution in [0.4, 0.5) is 36.4 Å². The normalized spacial score (nSPS) is 21.6. The molecule has 192 valence electrons. The number of alkyl halides is 6. The summed E-state index contributed by atoms with van der Waals surface area (Å²) in [6.45, 7) is 0.913. The Bertz CT molecular complexity index is 1310. The van der Waals surface area contributed by atoms with Crippen LogP contribution in [-0.4, -0.2) is 32.1 Å². The molecule has 2 aliphatic carbocycles. The molecule has 14 heteroatoms. The van der Waals surface area contributed by atoms with E-state index in [-0.39, 0.29) is 18.5 Å². The predicted molar refractivity (Wildman–Crippen MR) is 111 cm³/mol. The Hall–Kier alpha value is -2.64. The van der Waals surface area contributed by atoms with Crippen LogP contribution >= 0.6 is 0 Å². The number of hydrogen-bond acceptors (Lipinski definition) is 4. The molecule has 2 N–H and O–H groups in total. The largest absolute Gasteiger partial charge is 0.420 e. The predicted octanol–water partition coefficient (Wildman–Crippen LogP) is 5.72. The van der Waals surface area contributed by atoms with E-state index in [2.05, 4.69) is 10.4 Å². The van der Waals surface area contributed by atoms with Gasteiger partial charge in [0.05, 0.1) is 14.6 Å². The highest BCUT2D eigenvalue weighted by atomic mass is 32.2. The number of anilines is 1. The Labute approximate surface area is 195 Å². The topological polar surface area (TPSA) is 87.8 Å². The Morgan fingerprint density at radius 2 is 1.83 bits per heavy atom. The second-order valence-electron chi connectivity index (χ2n) is 9.66. The quantitative estimate of drug-likeness (QED) is 0.472. The van der Waals surface area contributed by atoms with Crippen LogP contribution in [0.15, 0.2) is 23.1 Å². The van der Waals surface area contributed by atoms with Crippen molar-refractivity contribution in [2.24, 2.45) is 5.41 Å². The van der Waals surface area contributed by atoms with Gasteiger partial charge in [0.1, 0.15) is 22.8 Å². The zero-order valence-electron chi connectivity index (χ0n) is 18.5. The van der Waals surface area contributed by atoms with Gasteiger partial charge in [0.25, 0.3) is 5.91 Å². The number of carbonyl (C=O) groups excluding carboxylic acids is 1. The van der Waals surface area contributed by atoms with Crippen molar-refractivity contribution in [3.63, 3.8) is 0 Å². The van der Waals surface area contributed by atoms with E-state index in [0.29, 0.717) is 4.68 Å². The van der Waals surface area contributed by atoms with E-state index >= 15 is 0 Å². The van der Waals surface area contributed by atoms with Crippen molar-refractivity contribution in [3.05, 3.63) is 41.0 Å². The van der Waals surface area contributed by atoms with Gasteiger partial charge in [0.2, 0.25) is 5.92 Å². The van der Waals surface area contributed by atoms with Crippen LogP contribution in [0.5, 0.6) is 0 Å². The lowest BCUT2D eigenvalue weighted by molar-refractivity contribution is -0.160. The molecule has 0 aliphatic heterocycles. The minimum atomic E-state index is -5.20. The fourth-order valence-corrected chi connectivity index (χ4v) is 5.27. The molecule has 4 rings (SSSR count). The van der Waals surface area contributed by atoms with E-state index in [0.717, 1.165) is 24.5 Å². The summed E-state index contributed by atoms with van der Waals surface area (Å²) in [5.41, 5.74) is -7.49. The zero-order valence-corrected chi connectivity index (χ0v) is 19.3. The first-order valence-electron chi connectivity index (χ1n) is 10.4. The molecule has 1 heterocycles. The van der Waals surface area contributed by atoms with E-state index < -0.39 is 85.9 Å². The average molecular weight is 526 g/mol. The summed E-state index contributed by atoms with van der Waals surface area (Å²) in [4.78, 5) is 12.5.